The van der Waals surface area contributed by atoms with E-state index >= 15 is 0 Å². The lowest BCUT2D eigenvalue weighted by atomic mass is 10.1. The summed E-state index contributed by atoms with van der Waals surface area (Å²) in [5.41, 5.74) is 2.25. The number of nitrogens with zero attached hydrogens (tertiary/aromatic N) is 2. The van der Waals surface area contributed by atoms with Gasteiger partial charge in [0.15, 0.2) is 0 Å². The van der Waals surface area contributed by atoms with Crippen LogP contribution in [0, 0.1) is 0 Å². The summed E-state index contributed by atoms with van der Waals surface area (Å²) in [5, 5.41) is 0.761. The first kappa shape index (κ1) is 21.4. The summed E-state index contributed by atoms with van der Waals surface area (Å²) in [5.74, 6) is -0.327. The largest absolute Gasteiger partial charge is 0.302 e. The minimum atomic E-state index is -0.163. The van der Waals surface area contributed by atoms with Crippen LogP contribution in [0.3, 0.4) is 0 Å². The Morgan fingerprint density at radius 2 is 1.59 bits per heavy atom. The van der Waals surface area contributed by atoms with Gasteiger partial charge < -0.3 is 4.90 Å². The smallest absolute Gasteiger partial charge is 0.261 e. The average Bonchev–Trinajstić information content (AvgIpc) is 2.86. The number of carbonyl (C=O) groups is 2. The minimum Gasteiger partial charge on any atom is -0.302 e. The van der Waals surface area contributed by atoms with Crippen molar-refractivity contribution in [2.75, 3.05) is 20.1 Å². The fourth-order valence-electron chi connectivity index (χ4n) is 3.30. The van der Waals surface area contributed by atoms with Crippen LogP contribution in [0.2, 0.25) is 5.02 Å². The zero-order valence-corrected chi connectivity index (χ0v) is 16.9. The van der Waals surface area contributed by atoms with Crippen LogP contribution >= 0.6 is 24.0 Å². The van der Waals surface area contributed by atoms with E-state index < -0.39 is 0 Å². The molecular formula is C21H24Cl2N2O2. The Bertz CT molecular complexity index is 775. The highest BCUT2D eigenvalue weighted by molar-refractivity contribution is 6.30. The van der Waals surface area contributed by atoms with Gasteiger partial charge in [0.2, 0.25) is 0 Å². The molecule has 0 bridgehead atoms. The molecule has 0 radical (unpaired) electrons. The van der Waals surface area contributed by atoms with E-state index in [1.165, 1.54) is 10.5 Å². The van der Waals surface area contributed by atoms with Crippen LogP contribution in [0.5, 0.6) is 0 Å². The lowest BCUT2D eigenvalue weighted by molar-refractivity contribution is 0.0651. The average molecular weight is 407 g/mol. The van der Waals surface area contributed by atoms with E-state index in [4.69, 9.17) is 11.6 Å². The highest BCUT2D eigenvalue weighted by atomic mass is 35.5. The van der Waals surface area contributed by atoms with Gasteiger partial charge in [-0.25, -0.2) is 0 Å². The molecule has 0 saturated carbocycles. The predicted octanol–water partition coefficient (Wildman–Crippen LogP) is 4.66. The monoisotopic (exact) mass is 406 g/mol. The van der Waals surface area contributed by atoms with Gasteiger partial charge in [0, 0.05) is 18.1 Å². The minimum absolute atomic E-state index is 0. The van der Waals surface area contributed by atoms with E-state index in [0.29, 0.717) is 17.7 Å². The van der Waals surface area contributed by atoms with Gasteiger partial charge >= 0.3 is 0 Å². The molecular weight excluding hydrogens is 383 g/mol. The second kappa shape index (κ2) is 9.88. The van der Waals surface area contributed by atoms with Crippen molar-refractivity contribution in [2.45, 2.75) is 25.8 Å². The molecule has 2 amide bonds. The molecule has 27 heavy (non-hydrogen) atoms. The van der Waals surface area contributed by atoms with Gasteiger partial charge in [-0.05, 0) is 56.3 Å². The van der Waals surface area contributed by atoms with Crippen LogP contribution in [0.1, 0.15) is 45.5 Å². The molecule has 0 atom stereocenters. The molecule has 144 valence electrons. The Morgan fingerprint density at radius 1 is 0.926 bits per heavy atom. The van der Waals surface area contributed by atoms with Crippen molar-refractivity contribution >= 4 is 35.8 Å². The van der Waals surface area contributed by atoms with Crippen molar-refractivity contribution in [3.8, 4) is 0 Å². The molecule has 0 aliphatic carbocycles. The van der Waals surface area contributed by atoms with Crippen molar-refractivity contribution in [1.82, 2.24) is 9.80 Å². The van der Waals surface area contributed by atoms with E-state index in [1.807, 2.05) is 18.2 Å². The predicted molar refractivity (Wildman–Crippen MR) is 111 cm³/mol. The highest BCUT2D eigenvalue weighted by Gasteiger charge is 2.34. The van der Waals surface area contributed by atoms with Crippen LogP contribution in [0.25, 0.3) is 0 Å². The molecule has 1 aliphatic rings. The molecule has 0 saturated heterocycles. The summed E-state index contributed by atoms with van der Waals surface area (Å²) in [6.07, 6.45) is 2.84. The Hall–Kier alpha value is -1.88. The van der Waals surface area contributed by atoms with Crippen LogP contribution in [-0.2, 0) is 6.54 Å². The van der Waals surface area contributed by atoms with Crippen molar-refractivity contribution in [2.24, 2.45) is 0 Å². The maximum atomic E-state index is 12.3. The van der Waals surface area contributed by atoms with Gasteiger partial charge in [0.05, 0.1) is 11.1 Å². The third-order valence-corrected chi connectivity index (χ3v) is 4.88. The van der Waals surface area contributed by atoms with E-state index in [9.17, 15) is 9.59 Å². The number of fused-ring (bicyclic) bond motifs is 1. The molecule has 2 aromatic carbocycles. The number of halogens is 2. The molecule has 6 heteroatoms. The molecule has 0 fully saturated rings. The van der Waals surface area contributed by atoms with E-state index in [0.717, 1.165) is 37.4 Å². The summed E-state index contributed by atoms with van der Waals surface area (Å²) < 4.78 is 0. The molecule has 0 unspecified atom stereocenters. The lowest BCUT2D eigenvalue weighted by Crippen LogP contribution is -2.30. The van der Waals surface area contributed by atoms with Gasteiger partial charge in [0.1, 0.15) is 0 Å². The van der Waals surface area contributed by atoms with Crippen molar-refractivity contribution in [3.05, 3.63) is 70.2 Å². The summed E-state index contributed by atoms with van der Waals surface area (Å²) in [4.78, 5) is 28.2. The Labute approximate surface area is 171 Å². The maximum Gasteiger partial charge on any atom is 0.261 e. The second-order valence-corrected chi connectivity index (χ2v) is 7.17. The molecule has 4 nitrogen and oxygen atoms in total. The van der Waals surface area contributed by atoms with Crippen molar-refractivity contribution in [3.63, 3.8) is 0 Å². The van der Waals surface area contributed by atoms with Crippen LogP contribution in [-0.4, -0.2) is 41.8 Å². The summed E-state index contributed by atoms with van der Waals surface area (Å²) >= 11 is 6.02. The number of benzene rings is 2. The zero-order valence-electron chi connectivity index (χ0n) is 15.4. The molecule has 1 aliphatic heterocycles. The van der Waals surface area contributed by atoms with Crippen LogP contribution in [0.4, 0.5) is 0 Å². The fourth-order valence-corrected chi connectivity index (χ4v) is 3.51. The standard InChI is InChI=1S/C21H23ClN2O2.ClH/c1-23(15-16-8-7-9-17(22)14-16)12-5-2-6-13-24-20(25)18-10-3-4-11-19(18)21(24)26;/h3-4,7-11,14H,2,5-6,12-13,15H2,1H3;1H. The molecule has 3 rings (SSSR count). The number of carbonyl (C=O) groups excluding carboxylic acids is 2. The van der Waals surface area contributed by atoms with E-state index in [-0.39, 0.29) is 24.2 Å². The number of hydrogen-bond donors (Lipinski definition) is 0. The van der Waals surface area contributed by atoms with Gasteiger partial charge in [-0.1, -0.05) is 42.3 Å². The topological polar surface area (TPSA) is 40.6 Å². The number of rotatable bonds is 8. The first-order valence-corrected chi connectivity index (χ1v) is 9.32. The summed E-state index contributed by atoms with van der Waals surface area (Å²) in [6, 6.07) is 14.9. The molecule has 0 spiro atoms. The lowest BCUT2D eigenvalue weighted by Gasteiger charge is -2.17. The second-order valence-electron chi connectivity index (χ2n) is 6.74. The number of unbranched alkanes of at least 4 members (excludes halogenated alkanes) is 2. The molecule has 2 aromatic rings. The quantitative estimate of drug-likeness (QED) is 0.472. The van der Waals surface area contributed by atoms with Crippen molar-refractivity contribution < 1.29 is 9.59 Å². The Balaban J connectivity index is 0.00000261. The van der Waals surface area contributed by atoms with Crippen molar-refractivity contribution in [1.29, 1.82) is 0 Å². The van der Waals surface area contributed by atoms with Gasteiger partial charge in [0.25, 0.3) is 11.8 Å². The first-order chi connectivity index (χ1) is 12.6. The highest BCUT2D eigenvalue weighted by Crippen LogP contribution is 2.22. The maximum absolute atomic E-state index is 12.3. The van der Waals surface area contributed by atoms with E-state index in [1.54, 1.807) is 24.3 Å². The summed E-state index contributed by atoms with van der Waals surface area (Å²) in [7, 11) is 2.09. The molecule has 0 N–H and O–H groups in total. The normalized spacial score (nSPS) is 13.1. The summed E-state index contributed by atoms with van der Waals surface area (Å²) in [6.45, 7) is 2.32. The third-order valence-electron chi connectivity index (χ3n) is 4.64. The van der Waals surface area contributed by atoms with Gasteiger partial charge in [-0.3, -0.25) is 14.5 Å². The van der Waals surface area contributed by atoms with Gasteiger partial charge in [-0.2, -0.15) is 0 Å². The van der Waals surface area contributed by atoms with E-state index in [2.05, 4.69) is 18.0 Å². The SMILES string of the molecule is CN(CCCCCN1C(=O)c2ccccc2C1=O)Cc1cccc(Cl)c1.Cl. The first-order valence-electron chi connectivity index (χ1n) is 8.94. The number of hydrogen-bond acceptors (Lipinski definition) is 3. The molecule has 0 aromatic heterocycles. The number of imide groups is 1. The number of amides is 2. The Morgan fingerprint density at radius 3 is 2.22 bits per heavy atom. The third kappa shape index (κ3) is 5.32. The van der Waals surface area contributed by atoms with Crippen LogP contribution < -0.4 is 0 Å². The van der Waals surface area contributed by atoms with Gasteiger partial charge in [-0.15, -0.1) is 12.4 Å². The zero-order chi connectivity index (χ0) is 18.5. The molecule has 1 heterocycles. The Kier molecular flexibility index (Phi) is 7.84. The fraction of sp³-hybridized carbons (Fsp3) is 0.333. The van der Waals surface area contributed by atoms with Crippen LogP contribution in [0.15, 0.2) is 48.5 Å².